The van der Waals surface area contributed by atoms with E-state index in [0.29, 0.717) is 0 Å². The third-order valence-corrected chi connectivity index (χ3v) is 2.64. The standard InChI is InChI=1S/C11H13N3O3/c15-10(16)8-3-4-12-9(7-8)13-11(17)14-5-1-2-6-14/h3-4,7H,1-2,5-6H2,(H,15,16)(H,12,13,17). The Hall–Kier alpha value is -2.11. The van der Waals surface area contributed by atoms with E-state index >= 15 is 0 Å². The molecule has 6 heteroatoms. The average Bonchev–Trinajstić information content (AvgIpc) is 2.82. The second-order valence-electron chi connectivity index (χ2n) is 3.86. The van der Waals surface area contributed by atoms with Gasteiger partial charge in [0, 0.05) is 19.3 Å². The quantitative estimate of drug-likeness (QED) is 0.811. The summed E-state index contributed by atoms with van der Waals surface area (Å²) in [5.41, 5.74) is 0.108. The van der Waals surface area contributed by atoms with Crippen molar-refractivity contribution in [3.05, 3.63) is 23.9 Å². The van der Waals surface area contributed by atoms with Gasteiger partial charge in [-0.25, -0.2) is 14.6 Å². The zero-order valence-corrected chi connectivity index (χ0v) is 9.22. The van der Waals surface area contributed by atoms with E-state index in [9.17, 15) is 9.59 Å². The maximum atomic E-state index is 11.7. The number of carbonyl (C=O) groups excluding carboxylic acids is 1. The van der Waals surface area contributed by atoms with Gasteiger partial charge in [-0.1, -0.05) is 0 Å². The lowest BCUT2D eigenvalue weighted by Gasteiger charge is -2.15. The van der Waals surface area contributed by atoms with Crippen LogP contribution in [0.2, 0.25) is 0 Å². The number of aromatic carboxylic acids is 1. The lowest BCUT2D eigenvalue weighted by molar-refractivity contribution is 0.0696. The summed E-state index contributed by atoms with van der Waals surface area (Å²) in [7, 11) is 0. The molecule has 2 amide bonds. The van der Waals surface area contributed by atoms with Crippen LogP contribution in [-0.2, 0) is 0 Å². The molecule has 1 fully saturated rings. The van der Waals surface area contributed by atoms with Crippen molar-refractivity contribution >= 4 is 17.8 Å². The maximum Gasteiger partial charge on any atom is 0.335 e. The summed E-state index contributed by atoms with van der Waals surface area (Å²) >= 11 is 0. The highest BCUT2D eigenvalue weighted by Crippen LogP contribution is 2.11. The Morgan fingerprint density at radius 3 is 2.71 bits per heavy atom. The van der Waals surface area contributed by atoms with E-state index in [1.807, 2.05) is 0 Å². The molecule has 0 unspecified atom stereocenters. The Labute approximate surface area is 98.3 Å². The lowest BCUT2D eigenvalue weighted by atomic mass is 10.2. The average molecular weight is 235 g/mol. The minimum Gasteiger partial charge on any atom is -0.478 e. The van der Waals surface area contributed by atoms with Crippen LogP contribution in [0.15, 0.2) is 18.3 Å². The van der Waals surface area contributed by atoms with E-state index in [4.69, 9.17) is 5.11 Å². The summed E-state index contributed by atoms with van der Waals surface area (Å²) in [5, 5.41) is 11.4. The third-order valence-electron chi connectivity index (χ3n) is 2.64. The van der Waals surface area contributed by atoms with Crippen LogP contribution in [0.25, 0.3) is 0 Å². The topological polar surface area (TPSA) is 82.5 Å². The molecule has 0 bridgehead atoms. The number of rotatable bonds is 2. The second kappa shape index (κ2) is 4.82. The van der Waals surface area contributed by atoms with Gasteiger partial charge in [-0.2, -0.15) is 0 Å². The Balaban J connectivity index is 2.05. The first kappa shape index (κ1) is 11.4. The van der Waals surface area contributed by atoms with Gasteiger partial charge in [0.05, 0.1) is 5.56 Å². The molecular weight excluding hydrogens is 222 g/mol. The van der Waals surface area contributed by atoms with Crippen LogP contribution in [0.4, 0.5) is 10.6 Å². The van der Waals surface area contributed by atoms with Crippen LogP contribution >= 0.6 is 0 Å². The minimum atomic E-state index is -1.04. The van der Waals surface area contributed by atoms with Crippen LogP contribution in [-0.4, -0.2) is 40.1 Å². The number of amides is 2. The summed E-state index contributed by atoms with van der Waals surface area (Å²) < 4.78 is 0. The van der Waals surface area contributed by atoms with Gasteiger partial charge in [-0.05, 0) is 25.0 Å². The van der Waals surface area contributed by atoms with Gasteiger partial charge in [-0.3, -0.25) is 5.32 Å². The summed E-state index contributed by atoms with van der Waals surface area (Å²) in [6.45, 7) is 1.48. The van der Waals surface area contributed by atoms with E-state index in [1.54, 1.807) is 4.90 Å². The van der Waals surface area contributed by atoms with Gasteiger partial charge in [0.1, 0.15) is 5.82 Å². The van der Waals surface area contributed by atoms with Crippen LogP contribution in [0, 0.1) is 0 Å². The van der Waals surface area contributed by atoms with Crippen LogP contribution in [0.3, 0.4) is 0 Å². The highest BCUT2D eigenvalue weighted by Gasteiger charge is 2.18. The first-order chi connectivity index (χ1) is 8.16. The molecule has 6 nitrogen and oxygen atoms in total. The number of nitrogens with zero attached hydrogens (tertiary/aromatic N) is 2. The molecule has 0 radical (unpaired) electrons. The monoisotopic (exact) mass is 235 g/mol. The zero-order chi connectivity index (χ0) is 12.3. The molecule has 1 aromatic rings. The van der Waals surface area contributed by atoms with Crippen molar-refractivity contribution in [2.45, 2.75) is 12.8 Å². The van der Waals surface area contributed by atoms with Gasteiger partial charge >= 0.3 is 12.0 Å². The predicted molar refractivity (Wildman–Crippen MR) is 61.0 cm³/mol. The van der Waals surface area contributed by atoms with Crippen molar-refractivity contribution in [2.75, 3.05) is 18.4 Å². The fourth-order valence-electron chi connectivity index (χ4n) is 1.74. The van der Waals surface area contributed by atoms with Crippen molar-refractivity contribution in [1.82, 2.24) is 9.88 Å². The van der Waals surface area contributed by atoms with Crippen molar-refractivity contribution in [2.24, 2.45) is 0 Å². The number of hydrogen-bond donors (Lipinski definition) is 2. The molecular formula is C11H13N3O3. The van der Waals surface area contributed by atoms with Crippen molar-refractivity contribution < 1.29 is 14.7 Å². The summed E-state index contributed by atoms with van der Waals surface area (Å²) in [6.07, 6.45) is 3.38. The molecule has 0 aliphatic carbocycles. The highest BCUT2D eigenvalue weighted by atomic mass is 16.4. The maximum absolute atomic E-state index is 11.7. The molecule has 17 heavy (non-hydrogen) atoms. The van der Waals surface area contributed by atoms with E-state index in [2.05, 4.69) is 10.3 Å². The number of hydrogen-bond acceptors (Lipinski definition) is 3. The fourth-order valence-corrected chi connectivity index (χ4v) is 1.74. The fraction of sp³-hybridized carbons (Fsp3) is 0.364. The van der Waals surface area contributed by atoms with Gasteiger partial charge < -0.3 is 10.0 Å². The molecule has 1 saturated heterocycles. The SMILES string of the molecule is O=C(O)c1ccnc(NC(=O)N2CCCC2)c1. The molecule has 1 aliphatic rings. The molecule has 90 valence electrons. The summed E-state index contributed by atoms with van der Waals surface area (Å²) in [5.74, 6) is -0.772. The molecule has 1 aromatic heterocycles. The minimum absolute atomic E-state index is 0.108. The first-order valence-electron chi connectivity index (χ1n) is 5.42. The summed E-state index contributed by atoms with van der Waals surface area (Å²) in [4.78, 5) is 28.1. The zero-order valence-electron chi connectivity index (χ0n) is 9.22. The molecule has 2 heterocycles. The number of aromatic nitrogens is 1. The number of carboxylic acid groups (broad SMARTS) is 1. The van der Waals surface area contributed by atoms with Crippen molar-refractivity contribution in [3.63, 3.8) is 0 Å². The molecule has 0 saturated carbocycles. The number of pyridine rings is 1. The van der Waals surface area contributed by atoms with Gasteiger partial charge in [0.2, 0.25) is 0 Å². The van der Waals surface area contributed by atoms with E-state index in [0.717, 1.165) is 25.9 Å². The molecule has 2 N–H and O–H groups in total. The van der Waals surface area contributed by atoms with Crippen molar-refractivity contribution in [3.8, 4) is 0 Å². The molecule has 1 aliphatic heterocycles. The van der Waals surface area contributed by atoms with Crippen LogP contribution in [0.5, 0.6) is 0 Å². The molecule has 0 spiro atoms. The third kappa shape index (κ3) is 2.72. The van der Waals surface area contributed by atoms with Gasteiger partial charge in [-0.15, -0.1) is 0 Å². The number of carboxylic acids is 1. The normalized spacial score (nSPS) is 14.7. The molecule has 2 rings (SSSR count). The van der Waals surface area contributed by atoms with E-state index < -0.39 is 5.97 Å². The number of carbonyl (C=O) groups is 2. The Morgan fingerprint density at radius 1 is 1.35 bits per heavy atom. The number of urea groups is 1. The van der Waals surface area contributed by atoms with Crippen molar-refractivity contribution in [1.29, 1.82) is 0 Å². The molecule has 0 aromatic carbocycles. The second-order valence-corrected chi connectivity index (χ2v) is 3.86. The Bertz CT molecular complexity index is 441. The largest absolute Gasteiger partial charge is 0.478 e. The first-order valence-corrected chi connectivity index (χ1v) is 5.42. The smallest absolute Gasteiger partial charge is 0.335 e. The summed E-state index contributed by atoms with van der Waals surface area (Å²) in [6, 6.07) is 2.50. The highest BCUT2D eigenvalue weighted by molar-refractivity contribution is 5.92. The number of likely N-dealkylation sites (tertiary alicyclic amines) is 1. The van der Waals surface area contributed by atoms with Gasteiger partial charge in [0.15, 0.2) is 0 Å². The Morgan fingerprint density at radius 2 is 2.06 bits per heavy atom. The van der Waals surface area contributed by atoms with Crippen LogP contribution in [0.1, 0.15) is 23.2 Å². The van der Waals surface area contributed by atoms with Crippen LogP contribution < -0.4 is 5.32 Å². The van der Waals surface area contributed by atoms with Gasteiger partial charge in [0.25, 0.3) is 0 Å². The predicted octanol–water partition coefficient (Wildman–Crippen LogP) is 1.41. The molecule has 0 atom stereocenters. The Kier molecular flexibility index (Phi) is 3.22. The number of nitrogens with one attached hydrogen (secondary N) is 1. The van der Waals surface area contributed by atoms with E-state index in [-0.39, 0.29) is 17.4 Å². The number of anilines is 1. The lowest BCUT2D eigenvalue weighted by Crippen LogP contribution is -2.32. The van der Waals surface area contributed by atoms with E-state index in [1.165, 1.54) is 18.3 Å².